The van der Waals surface area contributed by atoms with Crippen molar-refractivity contribution in [2.45, 2.75) is 4.90 Å². The first-order valence-electron chi connectivity index (χ1n) is 7.18. The summed E-state index contributed by atoms with van der Waals surface area (Å²) in [7, 11) is -5.45. The number of sulfonamides is 1. The quantitative estimate of drug-likeness (QED) is 0.683. The Kier molecular flexibility index (Phi) is 4.75. The molecule has 0 unspecified atom stereocenters. The molecule has 0 aromatic heterocycles. The van der Waals surface area contributed by atoms with E-state index in [1.807, 2.05) is 60.7 Å². The molecule has 0 fully saturated rings. The first-order chi connectivity index (χ1) is 11.2. The maximum atomic E-state index is 12.6. The fourth-order valence-corrected chi connectivity index (χ4v) is 6.31. The van der Waals surface area contributed by atoms with E-state index in [4.69, 9.17) is 0 Å². The maximum Gasteiger partial charge on any atom is 0.281 e. The SMILES string of the molecule is O=S(=O)(N=[PH](c1ccccc1)c1ccccc1)c1ccccc1. The van der Waals surface area contributed by atoms with E-state index in [0.717, 1.165) is 10.6 Å². The van der Waals surface area contributed by atoms with Gasteiger partial charge in [-0.05, 0) is 22.7 Å². The van der Waals surface area contributed by atoms with Gasteiger partial charge in [0.25, 0.3) is 10.0 Å². The average Bonchev–Trinajstić information content (AvgIpc) is 2.62. The Labute approximate surface area is 137 Å². The van der Waals surface area contributed by atoms with Gasteiger partial charge in [0.2, 0.25) is 0 Å². The number of benzene rings is 3. The summed E-state index contributed by atoms with van der Waals surface area (Å²) in [5, 5.41) is 1.89. The van der Waals surface area contributed by atoms with Crippen LogP contribution in [0.25, 0.3) is 0 Å². The molecule has 0 heterocycles. The third-order valence-electron chi connectivity index (χ3n) is 3.35. The second-order valence-electron chi connectivity index (χ2n) is 4.96. The van der Waals surface area contributed by atoms with E-state index in [0.29, 0.717) is 0 Å². The molecule has 3 rings (SSSR count). The van der Waals surface area contributed by atoms with Crippen LogP contribution >= 0.6 is 7.71 Å². The van der Waals surface area contributed by atoms with Crippen LogP contribution in [0.5, 0.6) is 0 Å². The van der Waals surface area contributed by atoms with Crippen LogP contribution in [0.15, 0.2) is 100 Å². The zero-order chi connectivity index (χ0) is 16.1. The molecule has 0 amide bonds. The Bertz CT molecular complexity index is 868. The molecule has 0 aliphatic heterocycles. The highest BCUT2D eigenvalue weighted by molar-refractivity contribution is 7.94. The Hall–Kier alpha value is -2.16. The monoisotopic (exact) mass is 341 g/mol. The molecule has 5 heteroatoms. The van der Waals surface area contributed by atoms with Gasteiger partial charge >= 0.3 is 0 Å². The minimum absolute atomic E-state index is 0.231. The lowest BCUT2D eigenvalue weighted by Crippen LogP contribution is -2.08. The van der Waals surface area contributed by atoms with E-state index in [9.17, 15) is 8.42 Å². The van der Waals surface area contributed by atoms with Gasteiger partial charge in [0, 0.05) is 7.71 Å². The minimum Gasteiger partial charge on any atom is -0.199 e. The van der Waals surface area contributed by atoms with Gasteiger partial charge < -0.3 is 0 Å². The predicted molar refractivity (Wildman–Crippen MR) is 96.5 cm³/mol. The second kappa shape index (κ2) is 6.95. The van der Waals surface area contributed by atoms with Crippen molar-refractivity contribution < 1.29 is 8.42 Å². The first kappa shape index (κ1) is 15.7. The van der Waals surface area contributed by atoms with Crippen LogP contribution in [0.2, 0.25) is 0 Å². The van der Waals surface area contributed by atoms with Gasteiger partial charge in [0.1, 0.15) is 0 Å². The number of nitrogens with zero attached hydrogens (tertiary/aromatic N) is 1. The van der Waals surface area contributed by atoms with Gasteiger partial charge in [0.15, 0.2) is 0 Å². The van der Waals surface area contributed by atoms with Crippen molar-refractivity contribution >= 4 is 28.3 Å². The lowest BCUT2D eigenvalue weighted by Gasteiger charge is -2.09. The molecule has 0 radical (unpaired) electrons. The third kappa shape index (κ3) is 3.79. The van der Waals surface area contributed by atoms with Crippen LogP contribution < -0.4 is 10.6 Å². The van der Waals surface area contributed by atoms with Crippen LogP contribution in [0.4, 0.5) is 0 Å². The number of hydrogen-bond acceptors (Lipinski definition) is 2. The molecule has 0 saturated carbocycles. The van der Waals surface area contributed by atoms with Crippen molar-refractivity contribution in [1.82, 2.24) is 0 Å². The Morgan fingerprint density at radius 3 is 1.43 bits per heavy atom. The average molecular weight is 341 g/mol. The van der Waals surface area contributed by atoms with Gasteiger partial charge in [-0.1, -0.05) is 78.9 Å². The summed E-state index contributed by atoms with van der Waals surface area (Å²) in [4.78, 5) is 0.231. The molecular formula is C18H16NO2PS. The highest BCUT2D eigenvalue weighted by atomic mass is 32.2. The van der Waals surface area contributed by atoms with E-state index in [2.05, 4.69) is 4.15 Å². The zero-order valence-corrected chi connectivity index (χ0v) is 14.1. The van der Waals surface area contributed by atoms with Gasteiger partial charge in [-0.15, -0.1) is 0 Å². The molecule has 0 aliphatic carbocycles. The summed E-state index contributed by atoms with van der Waals surface area (Å²) in [5.74, 6) is 0. The van der Waals surface area contributed by atoms with Gasteiger partial charge in [0.05, 0.1) is 4.90 Å². The molecular weight excluding hydrogens is 325 g/mol. The van der Waals surface area contributed by atoms with Crippen molar-refractivity contribution in [2.75, 3.05) is 0 Å². The summed E-state index contributed by atoms with van der Waals surface area (Å²) in [5.41, 5.74) is 0. The fourth-order valence-electron chi connectivity index (χ4n) is 2.23. The lowest BCUT2D eigenvalue weighted by molar-refractivity contribution is 0.598. The molecule has 3 aromatic rings. The molecule has 23 heavy (non-hydrogen) atoms. The van der Waals surface area contributed by atoms with Crippen molar-refractivity contribution in [3.05, 3.63) is 91.0 Å². The largest absolute Gasteiger partial charge is 0.281 e. The fraction of sp³-hybridized carbons (Fsp3) is 0. The summed E-state index contributed by atoms with van der Waals surface area (Å²) in [6.07, 6.45) is 0. The normalized spacial score (nSPS) is 11.3. The molecule has 0 aliphatic rings. The number of hydrogen-bond donors (Lipinski definition) is 0. The Morgan fingerprint density at radius 2 is 1.00 bits per heavy atom. The van der Waals surface area contributed by atoms with E-state index >= 15 is 0 Å². The molecule has 0 bridgehead atoms. The van der Waals surface area contributed by atoms with E-state index in [1.165, 1.54) is 0 Å². The zero-order valence-electron chi connectivity index (χ0n) is 12.3. The Morgan fingerprint density at radius 1 is 0.609 bits per heavy atom. The minimum atomic E-state index is -3.69. The van der Waals surface area contributed by atoms with Crippen LogP contribution in [-0.4, -0.2) is 8.42 Å². The van der Waals surface area contributed by atoms with Gasteiger partial charge in [-0.3, -0.25) is 0 Å². The number of rotatable bonds is 4. The summed E-state index contributed by atoms with van der Waals surface area (Å²) in [6.45, 7) is 0. The molecule has 116 valence electrons. The molecule has 3 aromatic carbocycles. The molecule has 3 nitrogen and oxygen atoms in total. The van der Waals surface area contributed by atoms with Crippen LogP contribution in [0.1, 0.15) is 0 Å². The summed E-state index contributed by atoms with van der Waals surface area (Å²) < 4.78 is 29.6. The van der Waals surface area contributed by atoms with Gasteiger partial charge in [-0.25, -0.2) is 0 Å². The first-order valence-corrected chi connectivity index (χ1v) is 10.1. The van der Waals surface area contributed by atoms with Crippen molar-refractivity contribution in [2.24, 2.45) is 4.15 Å². The van der Waals surface area contributed by atoms with Crippen LogP contribution in [-0.2, 0) is 10.0 Å². The maximum absolute atomic E-state index is 12.6. The van der Waals surface area contributed by atoms with Crippen LogP contribution in [0.3, 0.4) is 0 Å². The highest BCUT2D eigenvalue weighted by Gasteiger charge is 2.15. The van der Waals surface area contributed by atoms with Gasteiger partial charge in [-0.2, -0.15) is 12.6 Å². The van der Waals surface area contributed by atoms with E-state index < -0.39 is 17.7 Å². The molecule has 0 saturated heterocycles. The Balaban J connectivity index is 2.17. The van der Waals surface area contributed by atoms with Crippen molar-refractivity contribution in [3.8, 4) is 0 Å². The smallest absolute Gasteiger partial charge is 0.199 e. The molecule has 0 N–H and O–H groups in total. The third-order valence-corrected chi connectivity index (χ3v) is 7.67. The van der Waals surface area contributed by atoms with Crippen molar-refractivity contribution in [1.29, 1.82) is 0 Å². The van der Waals surface area contributed by atoms with E-state index in [1.54, 1.807) is 30.3 Å². The molecule has 0 spiro atoms. The predicted octanol–water partition coefficient (Wildman–Crippen LogP) is 3.42. The standard InChI is InChI=1S/C18H16NO2PS/c20-23(21,18-14-8-3-9-15-18)19-22(16-10-4-1-5-11-16)17-12-6-2-7-13-17/h1-15,22H. The lowest BCUT2D eigenvalue weighted by atomic mass is 10.4. The summed E-state index contributed by atoms with van der Waals surface area (Å²) in [6, 6.07) is 27.6. The van der Waals surface area contributed by atoms with Crippen molar-refractivity contribution in [3.63, 3.8) is 0 Å². The van der Waals surface area contributed by atoms with E-state index in [-0.39, 0.29) is 4.90 Å². The topological polar surface area (TPSA) is 46.5 Å². The molecule has 0 atom stereocenters. The van der Waals surface area contributed by atoms with Crippen LogP contribution in [0, 0.1) is 0 Å². The second-order valence-corrected chi connectivity index (χ2v) is 8.96. The summed E-state index contributed by atoms with van der Waals surface area (Å²) >= 11 is 0. The highest BCUT2D eigenvalue weighted by Crippen LogP contribution is 2.28.